The van der Waals surface area contributed by atoms with Gasteiger partial charge in [0.2, 0.25) is 11.8 Å². The van der Waals surface area contributed by atoms with Crippen LogP contribution in [-0.2, 0) is 30.8 Å². The van der Waals surface area contributed by atoms with Crippen LogP contribution in [0.4, 0.5) is 11.4 Å². The first kappa shape index (κ1) is 20.8. The summed E-state index contributed by atoms with van der Waals surface area (Å²) in [6.45, 7) is 3.68. The number of sulfonamides is 1. The number of benzene rings is 2. The number of hydrogen-bond donors (Lipinski definition) is 2. The van der Waals surface area contributed by atoms with Crippen LogP contribution in [0.2, 0.25) is 0 Å². The second kappa shape index (κ2) is 9.06. The van der Waals surface area contributed by atoms with E-state index in [1.807, 2.05) is 0 Å². The molecule has 1 aliphatic heterocycles. The van der Waals surface area contributed by atoms with E-state index in [2.05, 4.69) is 10.0 Å². The average molecular weight is 417 g/mol. The predicted molar refractivity (Wildman–Crippen MR) is 109 cm³/mol. The van der Waals surface area contributed by atoms with Gasteiger partial charge in [-0.2, -0.15) is 0 Å². The van der Waals surface area contributed by atoms with Gasteiger partial charge in [-0.1, -0.05) is 12.1 Å². The molecule has 8 nitrogen and oxygen atoms in total. The van der Waals surface area contributed by atoms with Gasteiger partial charge >= 0.3 is 0 Å². The molecule has 2 aromatic rings. The molecule has 1 heterocycles. The summed E-state index contributed by atoms with van der Waals surface area (Å²) in [6, 6.07) is 12.6. The van der Waals surface area contributed by atoms with E-state index >= 15 is 0 Å². The van der Waals surface area contributed by atoms with Crippen molar-refractivity contribution in [1.29, 1.82) is 0 Å². The molecule has 0 bridgehead atoms. The summed E-state index contributed by atoms with van der Waals surface area (Å²) in [5, 5.41) is 2.59. The number of hydrogen-bond acceptors (Lipinski definition) is 5. The Morgan fingerprint density at radius 2 is 1.55 bits per heavy atom. The number of anilines is 2. The molecule has 154 valence electrons. The molecule has 2 aromatic carbocycles. The number of carbonyl (C=O) groups excluding carboxylic acids is 2. The van der Waals surface area contributed by atoms with Crippen LogP contribution in [0.15, 0.2) is 53.4 Å². The minimum Gasteiger partial charge on any atom is -0.378 e. The van der Waals surface area contributed by atoms with Gasteiger partial charge in [0.1, 0.15) is 0 Å². The van der Waals surface area contributed by atoms with E-state index in [1.165, 1.54) is 31.2 Å². The molecular formula is C20H23N3O5S. The van der Waals surface area contributed by atoms with Crippen molar-refractivity contribution < 1.29 is 22.7 Å². The number of ether oxygens (including phenoxy) is 1. The van der Waals surface area contributed by atoms with Crippen LogP contribution in [0.1, 0.15) is 12.5 Å². The van der Waals surface area contributed by atoms with Gasteiger partial charge in [0.15, 0.2) is 0 Å². The molecule has 2 N–H and O–H groups in total. The van der Waals surface area contributed by atoms with E-state index in [4.69, 9.17) is 4.74 Å². The van der Waals surface area contributed by atoms with Crippen molar-refractivity contribution in [1.82, 2.24) is 4.90 Å². The maximum Gasteiger partial charge on any atom is 0.261 e. The Morgan fingerprint density at radius 1 is 0.966 bits per heavy atom. The number of rotatable bonds is 6. The number of nitrogens with zero attached hydrogens (tertiary/aromatic N) is 1. The lowest BCUT2D eigenvalue weighted by atomic mass is 10.1. The molecule has 1 fully saturated rings. The number of nitrogens with one attached hydrogen (secondary N) is 2. The molecule has 3 rings (SSSR count). The lowest BCUT2D eigenvalue weighted by molar-refractivity contribution is -0.134. The van der Waals surface area contributed by atoms with Crippen LogP contribution < -0.4 is 10.0 Å². The fourth-order valence-electron chi connectivity index (χ4n) is 2.92. The zero-order valence-corrected chi connectivity index (χ0v) is 16.9. The summed E-state index contributed by atoms with van der Waals surface area (Å²) < 4.78 is 32.8. The molecule has 2 amide bonds. The van der Waals surface area contributed by atoms with Gasteiger partial charge in [-0.25, -0.2) is 8.42 Å². The van der Waals surface area contributed by atoms with E-state index in [0.29, 0.717) is 37.7 Å². The van der Waals surface area contributed by atoms with Gasteiger partial charge in [0.25, 0.3) is 10.0 Å². The van der Waals surface area contributed by atoms with Crippen LogP contribution in [0, 0.1) is 0 Å². The Kier molecular flexibility index (Phi) is 6.50. The minimum atomic E-state index is -3.76. The molecule has 0 spiro atoms. The highest BCUT2D eigenvalue weighted by molar-refractivity contribution is 7.92. The molecule has 0 radical (unpaired) electrons. The second-order valence-corrected chi connectivity index (χ2v) is 8.36. The normalized spacial score (nSPS) is 14.3. The predicted octanol–water partition coefficient (Wildman–Crippen LogP) is 1.85. The van der Waals surface area contributed by atoms with E-state index in [0.717, 1.165) is 5.56 Å². The van der Waals surface area contributed by atoms with Crippen LogP contribution in [0.3, 0.4) is 0 Å². The van der Waals surface area contributed by atoms with Crippen molar-refractivity contribution in [3.05, 3.63) is 54.1 Å². The Bertz CT molecular complexity index is 966. The molecular weight excluding hydrogens is 394 g/mol. The molecule has 0 saturated carbocycles. The van der Waals surface area contributed by atoms with Crippen molar-refractivity contribution in [2.24, 2.45) is 0 Å². The van der Waals surface area contributed by atoms with Crippen molar-refractivity contribution in [3.63, 3.8) is 0 Å². The third-order valence-corrected chi connectivity index (χ3v) is 5.81. The highest BCUT2D eigenvalue weighted by Gasteiger charge is 2.17. The lowest BCUT2D eigenvalue weighted by Crippen LogP contribution is -2.41. The van der Waals surface area contributed by atoms with Gasteiger partial charge in [0, 0.05) is 31.4 Å². The molecule has 1 aliphatic rings. The Labute approximate surface area is 169 Å². The molecule has 0 aromatic heterocycles. The molecule has 0 unspecified atom stereocenters. The van der Waals surface area contributed by atoms with E-state index in [1.54, 1.807) is 29.2 Å². The number of carbonyl (C=O) groups is 2. The number of amides is 2. The maximum absolute atomic E-state index is 12.5. The highest BCUT2D eigenvalue weighted by atomic mass is 32.2. The Morgan fingerprint density at radius 3 is 2.14 bits per heavy atom. The first-order valence-corrected chi connectivity index (χ1v) is 10.7. The summed E-state index contributed by atoms with van der Waals surface area (Å²) in [7, 11) is -3.76. The summed E-state index contributed by atoms with van der Waals surface area (Å²) in [5.74, 6) is -0.202. The quantitative estimate of drug-likeness (QED) is 0.746. The third-order valence-electron chi connectivity index (χ3n) is 4.41. The van der Waals surface area contributed by atoms with E-state index in [9.17, 15) is 18.0 Å². The summed E-state index contributed by atoms with van der Waals surface area (Å²) in [4.78, 5) is 25.2. The third kappa shape index (κ3) is 5.78. The van der Waals surface area contributed by atoms with E-state index < -0.39 is 10.0 Å². The standard InChI is InChI=1S/C20H23N3O5S/c1-15(24)21-17-6-8-19(9-7-17)29(26,27)22-18-4-2-16(3-5-18)14-20(25)23-10-12-28-13-11-23/h2-9,22H,10-14H2,1H3,(H,21,24). The SMILES string of the molecule is CC(=O)Nc1ccc(S(=O)(=O)Nc2ccc(CC(=O)N3CCOCC3)cc2)cc1. The average Bonchev–Trinajstić information content (AvgIpc) is 2.70. The Hall–Kier alpha value is -2.91. The van der Waals surface area contributed by atoms with Crippen LogP contribution >= 0.6 is 0 Å². The minimum absolute atomic E-state index is 0.0286. The van der Waals surface area contributed by atoms with Crippen molar-refractivity contribution >= 4 is 33.2 Å². The molecule has 1 saturated heterocycles. The van der Waals surface area contributed by atoms with Gasteiger partial charge in [-0.15, -0.1) is 0 Å². The largest absolute Gasteiger partial charge is 0.378 e. The molecule has 0 atom stereocenters. The summed E-state index contributed by atoms with van der Waals surface area (Å²) >= 11 is 0. The summed E-state index contributed by atoms with van der Waals surface area (Å²) in [6.07, 6.45) is 0.262. The molecule has 29 heavy (non-hydrogen) atoms. The fourth-order valence-corrected chi connectivity index (χ4v) is 3.98. The highest BCUT2D eigenvalue weighted by Crippen LogP contribution is 2.19. The summed E-state index contributed by atoms with van der Waals surface area (Å²) in [5.41, 5.74) is 1.73. The topological polar surface area (TPSA) is 105 Å². The monoisotopic (exact) mass is 417 g/mol. The Balaban J connectivity index is 1.62. The zero-order valence-electron chi connectivity index (χ0n) is 16.1. The van der Waals surface area contributed by atoms with Gasteiger partial charge in [-0.3, -0.25) is 14.3 Å². The van der Waals surface area contributed by atoms with Gasteiger partial charge < -0.3 is 15.0 Å². The molecule has 9 heteroatoms. The van der Waals surface area contributed by atoms with Gasteiger partial charge in [-0.05, 0) is 42.0 Å². The fraction of sp³-hybridized carbons (Fsp3) is 0.300. The van der Waals surface area contributed by atoms with Crippen LogP contribution in [0.5, 0.6) is 0 Å². The maximum atomic E-state index is 12.5. The smallest absolute Gasteiger partial charge is 0.261 e. The lowest BCUT2D eigenvalue weighted by Gasteiger charge is -2.26. The van der Waals surface area contributed by atoms with Crippen molar-refractivity contribution in [2.75, 3.05) is 36.3 Å². The second-order valence-electron chi connectivity index (χ2n) is 6.68. The van der Waals surface area contributed by atoms with E-state index in [-0.39, 0.29) is 23.1 Å². The van der Waals surface area contributed by atoms with Crippen molar-refractivity contribution in [2.45, 2.75) is 18.2 Å². The van der Waals surface area contributed by atoms with Crippen molar-refractivity contribution in [3.8, 4) is 0 Å². The molecule has 0 aliphatic carbocycles. The first-order valence-electron chi connectivity index (χ1n) is 9.18. The zero-order chi connectivity index (χ0) is 20.9. The van der Waals surface area contributed by atoms with Gasteiger partial charge in [0.05, 0.1) is 24.5 Å². The van der Waals surface area contributed by atoms with Crippen LogP contribution in [-0.4, -0.2) is 51.4 Å². The van der Waals surface area contributed by atoms with Crippen LogP contribution in [0.25, 0.3) is 0 Å². The first-order chi connectivity index (χ1) is 13.8. The number of morpholine rings is 1.